The Morgan fingerprint density at radius 1 is 1.06 bits per heavy atom. The van der Waals surface area contributed by atoms with Gasteiger partial charge in [-0.05, 0) is 123 Å². The first-order valence-electron chi connectivity index (χ1n) is 24.1. The molecule has 17 heteroatoms. The lowest BCUT2D eigenvalue weighted by atomic mass is 9.59. The highest BCUT2D eigenvalue weighted by atomic mass is 32.2. The maximum Gasteiger partial charge on any atom is 0.268 e. The van der Waals surface area contributed by atoms with Crippen LogP contribution in [0.5, 0.6) is 17.4 Å². The maximum absolute atomic E-state index is 14.9. The fraction of sp³-hybridized carbons (Fsp3) is 0.510. The number of allylic oxidation sites excluding steroid dienone is 1. The Morgan fingerprint density at radius 3 is 2.53 bits per heavy atom. The number of rotatable bonds is 14. The molecule has 2 aromatic carbocycles. The van der Waals surface area contributed by atoms with Gasteiger partial charge in [0.2, 0.25) is 0 Å². The molecule has 9 rings (SSSR count). The highest BCUT2D eigenvalue weighted by Crippen LogP contribution is 2.54. The number of piperidine rings is 1. The predicted octanol–water partition coefficient (Wildman–Crippen LogP) is 7.87. The van der Waals surface area contributed by atoms with Gasteiger partial charge in [0, 0.05) is 68.1 Å². The van der Waals surface area contributed by atoms with Crippen molar-refractivity contribution in [2.24, 2.45) is 11.3 Å². The minimum atomic E-state index is -4.56. The van der Waals surface area contributed by atoms with Crippen molar-refractivity contribution in [2.45, 2.75) is 107 Å². The van der Waals surface area contributed by atoms with Gasteiger partial charge in [-0.1, -0.05) is 38.1 Å². The topological polar surface area (TPSA) is 174 Å². The zero-order valence-corrected chi connectivity index (χ0v) is 41.6. The van der Waals surface area contributed by atoms with Crippen molar-refractivity contribution in [3.63, 3.8) is 0 Å². The number of quaternary nitrogens is 1. The number of aromatic nitrogens is 2. The summed E-state index contributed by atoms with van der Waals surface area (Å²) in [6.07, 6.45) is 12.7. The van der Waals surface area contributed by atoms with Crippen LogP contribution in [0.2, 0.25) is 0 Å². The van der Waals surface area contributed by atoms with Gasteiger partial charge in [-0.15, -0.1) is 8.58 Å². The normalized spacial score (nSPS) is 23.8. The van der Waals surface area contributed by atoms with Crippen LogP contribution in [-0.2, 0) is 16.4 Å². The van der Waals surface area contributed by atoms with E-state index in [-0.39, 0.29) is 56.2 Å². The Hall–Kier alpha value is -4.70. The molecule has 4 N–H and O–H groups in total. The molecular formula is C51H65FN7O7PS. The van der Waals surface area contributed by atoms with E-state index in [2.05, 4.69) is 67.9 Å². The number of halogens is 1. The van der Waals surface area contributed by atoms with Crippen LogP contribution in [0.3, 0.4) is 0 Å². The van der Waals surface area contributed by atoms with Gasteiger partial charge in [-0.25, -0.2) is 27.5 Å². The number of carbonyl (C=O) groups is 1. The minimum Gasteiger partial charge on any atom is -0.629 e. The molecule has 2 saturated carbocycles. The van der Waals surface area contributed by atoms with Gasteiger partial charge in [0.25, 0.3) is 21.8 Å². The number of pyridine rings is 2. The Labute approximate surface area is 401 Å². The molecule has 4 fully saturated rings. The molecule has 3 aliphatic carbocycles. The van der Waals surface area contributed by atoms with Gasteiger partial charge in [0.05, 0.1) is 37.2 Å². The number of fused-ring (bicyclic) bond motifs is 1. The van der Waals surface area contributed by atoms with E-state index < -0.39 is 32.4 Å². The van der Waals surface area contributed by atoms with Crippen LogP contribution >= 0.6 is 8.58 Å². The first-order valence-corrected chi connectivity index (χ1v) is 27.0. The van der Waals surface area contributed by atoms with Crippen LogP contribution in [0.15, 0.2) is 71.8 Å². The van der Waals surface area contributed by atoms with Crippen molar-refractivity contribution < 1.29 is 37.2 Å². The van der Waals surface area contributed by atoms with Crippen LogP contribution in [0, 0.1) is 16.5 Å². The lowest BCUT2D eigenvalue weighted by Gasteiger charge is -2.57. The molecular weight excluding hydrogens is 905 g/mol. The molecule has 2 saturated heterocycles. The zero-order chi connectivity index (χ0) is 48.0. The van der Waals surface area contributed by atoms with Gasteiger partial charge in [-0.2, -0.15) is 0 Å². The number of nitrogens with one attached hydrogen (secondary N) is 3. The van der Waals surface area contributed by atoms with Crippen LogP contribution in [0.25, 0.3) is 5.83 Å². The molecule has 3 unspecified atom stereocenters. The number of anilines is 2. The summed E-state index contributed by atoms with van der Waals surface area (Å²) in [5, 5.41) is 26.0. The third-order valence-corrected chi connectivity index (χ3v) is 17.7. The third-order valence-electron chi connectivity index (χ3n) is 15.2. The quantitative estimate of drug-likeness (QED) is 0.0713. The summed E-state index contributed by atoms with van der Waals surface area (Å²) >= 11 is 0. The summed E-state index contributed by atoms with van der Waals surface area (Å²) in [6, 6.07) is 17.8. The van der Waals surface area contributed by atoms with Crippen molar-refractivity contribution in [1.29, 1.82) is 0 Å². The lowest BCUT2D eigenvalue weighted by molar-refractivity contribution is -0.751. The number of amides is 1. The zero-order valence-electron chi connectivity index (χ0n) is 39.7. The van der Waals surface area contributed by atoms with E-state index >= 15 is 0 Å². The van der Waals surface area contributed by atoms with Gasteiger partial charge in [0.15, 0.2) is 17.3 Å². The second-order valence-electron chi connectivity index (χ2n) is 20.2. The molecule has 14 nitrogen and oxygen atoms in total. The van der Waals surface area contributed by atoms with Crippen LogP contribution in [0.1, 0.15) is 117 Å². The molecule has 3 atom stereocenters. The fourth-order valence-electron chi connectivity index (χ4n) is 11.1. The average Bonchev–Trinajstić information content (AvgIpc) is 3.68. The maximum atomic E-state index is 14.9. The Bertz CT molecular complexity index is 2660. The Balaban J connectivity index is 0.925. The number of sulfonamides is 1. The summed E-state index contributed by atoms with van der Waals surface area (Å²) in [6.45, 7) is 9.66. The lowest BCUT2D eigenvalue weighted by Crippen LogP contribution is -2.98. The van der Waals surface area contributed by atoms with E-state index in [1.165, 1.54) is 74.7 Å². The molecule has 2 aliphatic heterocycles. The van der Waals surface area contributed by atoms with E-state index in [0.29, 0.717) is 49.5 Å². The predicted molar refractivity (Wildman–Crippen MR) is 265 cm³/mol. The van der Waals surface area contributed by atoms with Gasteiger partial charge >= 0.3 is 0 Å². The number of methoxy groups -OCH3 is 1. The summed E-state index contributed by atoms with van der Waals surface area (Å²) in [5.41, 5.74) is 4.05. The van der Waals surface area contributed by atoms with E-state index in [1.54, 1.807) is 12.1 Å². The molecule has 2 aromatic heterocycles. The highest BCUT2D eigenvalue weighted by Gasteiger charge is 2.49. The van der Waals surface area contributed by atoms with Crippen molar-refractivity contribution in [2.75, 3.05) is 62.9 Å². The number of nitrogens with zero attached hydrogens (tertiary/aromatic N) is 4. The van der Waals surface area contributed by atoms with Gasteiger partial charge in [0.1, 0.15) is 16.5 Å². The van der Waals surface area contributed by atoms with E-state index in [9.17, 15) is 27.9 Å². The van der Waals surface area contributed by atoms with Crippen molar-refractivity contribution in [3.8, 4) is 17.4 Å². The first kappa shape index (κ1) is 48.3. The Morgan fingerprint density at radius 2 is 1.81 bits per heavy atom. The molecule has 0 radical (unpaired) electrons. The number of hydrogen-bond acceptors (Lipinski definition) is 12. The number of hydroxylamine groups is 1. The Kier molecular flexibility index (Phi) is 13.9. The number of carbonyl (C=O) groups excluding carboxylic acids is 1. The molecule has 4 aromatic rings. The van der Waals surface area contributed by atoms with E-state index in [1.807, 2.05) is 6.92 Å². The molecule has 1 amide bonds. The van der Waals surface area contributed by atoms with E-state index in [4.69, 9.17) is 9.47 Å². The molecule has 0 bridgehead atoms. The number of hydrogen-bond donors (Lipinski definition) is 4. The van der Waals surface area contributed by atoms with Crippen LogP contribution in [0.4, 0.5) is 21.6 Å². The van der Waals surface area contributed by atoms with Crippen molar-refractivity contribution >= 4 is 47.5 Å². The first-order chi connectivity index (χ1) is 32.5. The number of benzene rings is 2. The van der Waals surface area contributed by atoms with E-state index in [0.717, 1.165) is 65.8 Å². The summed E-state index contributed by atoms with van der Waals surface area (Å²) in [5.74, 6) is -0.256. The monoisotopic (exact) mass is 969 g/mol. The number of aliphatic hydroxyl groups is 1. The summed E-state index contributed by atoms with van der Waals surface area (Å²) in [4.78, 5) is 27.7. The average molecular weight is 970 g/mol. The van der Waals surface area contributed by atoms with Gasteiger partial charge < -0.3 is 35.1 Å². The number of ether oxygens (including phenoxy) is 2. The van der Waals surface area contributed by atoms with Gasteiger partial charge in [-0.3, -0.25) is 9.69 Å². The molecule has 1 spiro atoms. The standard InChI is InChI=1S/C51H65FN7O7PS/c1-32(2)37-8-6-7-9-38(37)44-31-67-23-22-59(44)35-27-51(28-35)18-20-58(21-19-51)34-10-11-39(45(24-34)66-46-26-40-41(52)12-13-42(40)55-49(46)65-5)48(60)56-68(63,64)36-25-43(57(4)62)47(54-30-36)53-29-33-14-16-50(3,61)17-15-33/h6-12,24-26,30,32-33,35,44,57,61,67H,13-23,27-29,31H2,1-5H3,(H,53,54)(H,56,60). The van der Waals surface area contributed by atoms with Crippen LogP contribution < -0.4 is 29.5 Å². The fourth-order valence-corrected chi connectivity index (χ4v) is 13.4. The molecule has 5 aliphatic rings. The second kappa shape index (κ2) is 19.6. The van der Waals surface area contributed by atoms with Crippen molar-refractivity contribution in [1.82, 2.24) is 19.6 Å². The smallest absolute Gasteiger partial charge is 0.268 e. The molecule has 364 valence electrons. The van der Waals surface area contributed by atoms with Crippen LogP contribution in [-0.4, -0.2) is 98.6 Å². The summed E-state index contributed by atoms with van der Waals surface area (Å²) in [7, 11) is -0.818. The highest BCUT2D eigenvalue weighted by molar-refractivity contribution is 7.90. The largest absolute Gasteiger partial charge is 0.629 e. The third kappa shape index (κ3) is 10.1. The summed E-state index contributed by atoms with van der Waals surface area (Å²) < 4.78 is 56.9. The van der Waals surface area contributed by atoms with Crippen molar-refractivity contribution in [3.05, 3.63) is 100 Å². The minimum absolute atomic E-state index is 0.0338. The molecule has 68 heavy (non-hydrogen) atoms. The SMILES string of the molecule is COc1nc2c(cc1Oc1cc(N3CCC4(CC3)CC(N3CCPCC3c3ccccc3C(C)C)C4)ccc1C(=O)NS(=O)(=O)c1cnc(NCC3CCC(C)(O)CC3)c([NH+](C)[O-])c1)C(F)=CC2. The second-order valence-corrected chi connectivity index (χ2v) is 23.3. The molecule has 4 heterocycles.